The van der Waals surface area contributed by atoms with Gasteiger partial charge >= 0.3 is 6.18 Å². The van der Waals surface area contributed by atoms with Crippen molar-refractivity contribution in [3.05, 3.63) is 57.2 Å². The van der Waals surface area contributed by atoms with Gasteiger partial charge in [-0.15, -0.1) is 0 Å². The van der Waals surface area contributed by atoms with Crippen LogP contribution >= 0.6 is 11.6 Å². The first kappa shape index (κ1) is 13.6. The molecule has 3 nitrogen and oxygen atoms in total. The number of aryl methyl sites for hydroxylation is 1. The number of alkyl halides is 3. The average molecular weight is 289 g/mol. The zero-order valence-electron chi connectivity index (χ0n) is 9.70. The van der Waals surface area contributed by atoms with Crippen LogP contribution in [0.25, 0.3) is 5.69 Å². The van der Waals surface area contributed by atoms with E-state index in [9.17, 15) is 18.0 Å². The third kappa shape index (κ3) is 2.49. The molecule has 0 amide bonds. The second kappa shape index (κ2) is 4.70. The molecule has 0 saturated carbocycles. The average Bonchev–Trinajstić information content (AvgIpc) is 2.29. The van der Waals surface area contributed by atoms with Gasteiger partial charge in [0.05, 0.1) is 16.3 Å². The van der Waals surface area contributed by atoms with Gasteiger partial charge in [0, 0.05) is 12.3 Å². The summed E-state index contributed by atoms with van der Waals surface area (Å²) in [6.45, 7) is 1.51. The molecule has 1 heterocycles. The Morgan fingerprint density at radius 3 is 2.53 bits per heavy atom. The first-order valence-electron chi connectivity index (χ1n) is 5.23. The largest absolute Gasteiger partial charge is 0.417 e. The molecule has 0 radical (unpaired) electrons. The first-order valence-corrected chi connectivity index (χ1v) is 5.61. The molecule has 19 heavy (non-hydrogen) atoms. The minimum Gasteiger partial charge on any atom is -0.269 e. The predicted molar refractivity (Wildman–Crippen MR) is 64.6 cm³/mol. The summed E-state index contributed by atoms with van der Waals surface area (Å²) in [6.07, 6.45) is -3.29. The minimum atomic E-state index is -4.58. The number of halogens is 4. The molecule has 0 aliphatic carbocycles. The number of hydrogen-bond donors (Lipinski definition) is 0. The van der Waals surface area contributed by atoms with E-state index in [-0.39, 0.29) is 11.5 Å². The Kier molecular flexibility index (Phi) is 3.36. The third-order valence-electron chi connectivity index (χ3n) is 2.55. The molecule has 0 saturated heterocycles. The van der Waals surface area contributed by atoms with Crippen LogP contribution in [0.4, 0.5) is 13.2 Å². The summed E-state index contributed by atoms with van der Waals surface area (Å²) in [5.74, 6) is 0.258. The fourth-order valence-corrected chi connectivity index (χ4v) is 2.02. The lowest BCUT2D eigenvalue weighted by molar-refractivity contribution is -0.137. The zero-order chi connectivity index (χ0) is 14.2. The van der Waals surface area contributed by atoms with Crippen LogP contribution in [0.1, 0.15) is 11.4 Å². The van der Waals surface area contributed by atoms with Gasteiger partial charge in [-0.25, -0.2) is 4.98 Å². The lowest BCUT2D eigenvalue weighted by atomic mass is 10.2. The maximum Gasteiger partial charge on any atom is 0.417 e. The molecular formula is C12H8ClF3N2O. The van der Waals surface area contributed by atoms with Crippen molar-refractivity contribution in [2.24, 2.45) is 0 Å². The number of benzene rings is 1. The highest BCUT2D eigenvalue weighted by Crippen LogP contribution is 2.37. The van der Waals surface area contributed by atoms with Crippen LogP contribution in [0, 0.1) is 6.92 Å². The Morgan fingerprint density at radius 1 is 1.26 bits per heavy atom. The fourth-order valence-electron chi connectivity index (χ4n) is 1.71. The summed E-state index contributed by atoms with van der Waals surface area (Å²) in [4.78, 5) is 15.6. The monoisotopic (exact) mass is 288 g/mol. The minimum absolute atomic E-state index is 0.0351. The summed E-state index contributed by atoms with van der Waals surface area (Å²) < 4.78 is 39.3. The molecule has 0 N–H and O–H groups in total. The van der Waals surface area contributed by atoms with E-state index in [1.807, 2.05) is 0 Å². The summed E-state index contributed by atoms with van der Waals surface area (Å²) in [5.41, 5.74) is -1.51. The SMILES string of the molecule is Cc1nccc(=O)n1-c1cccc(C(F)(F)F)c1Cl. The molecule has 0 aliphatic rings. The van der Waals surface area contributed by atoms with Gasteiger partial charge in [-0.2, -0.15) is 13.2 Å². The van der Waals surface area contributed by atoms with Crippen molar-refractivity contribution in [2.75, 3.05) is 0 Å². The number of nitrogens with zero attached hydrogens (tertiary/aromatic N) is 2. The van der Waals surface area contributed by atoms with Gasteiger partial charge in [0.2, 0.25) is 0 Å². The summed E-state index contributed by atoms with van der Waals surface area (Å²) in [6, 6.07) is 4.56. The molecule has 1 aromatic carbocycles. The van der Waals surface area contributed by atoms with E-state index in [1.165, 1.54) is 25.3 Å². The Bertz CT molecular complexity index is 679. The van der Waals surface area contributed by atoms with Gasteiger partial charge in [-0.05, 0) is 19.1 Å². The molecule has 100 valence electrons. The van der Waals surface area contributed by atoms with Crippen molar-refractivity contribution in [1.82, 2.24) is 9.55 Å². The van der Waals surface area contributed by atoms with E-state index in [0.29, 0.717) is 0 Å². The molecular weight excluding hydrogens is 281 g/mol. The molecule has 0 bridgehead atoms. The van der Waals surface area contributed by atoms with Crippen LogP contribution in [0.5, 0.6) is 0 Å². The van der Waals surface area contributed by atoms with Crippen LogP contribution in [0.2, 0.25) is 5.02 Å². The van der Waals surface area contributed by atoms with Crippen LogP contribution in [0.15, 0.2) is 35.3 Å². The Labute approximate surface area is 111 Å². The molecule has 7 heteroatoms. The molecule has 0 unspecified atom stereocenters. The molecule has 0 spiro atoms. The summed E-state index contributed by atoms with van der Waals surface area (Å²) in [5, 5.41) is -0.520. The standard InChI is InChI=1S/C12H8ClF3N2O/c1-7-17-6-5-10(19)18(7)9-4-2-3-8(11(9)13)12(14,15)16/h2-6H,1H3. The number of rotatable bonds is 1. The molecule has 0 fully saturated rings. The summed E-state index contributed by atoms with van der Waals surface area (Å²) in [7, 11) is 0. The van der Waals surface area contributed by atoms with Crippen LogP contribution < -0.4 is 5.56 Å². The van der Waals surface area contributed by atoms with Crippen molar-refractivity contribution >= 4 is 11.6 Å². The maximum atomic E-state index is 12.8. The molecule has 0 atom stereocenters. The lowest BCUT2D eigenvalue weighted by Crippen LogP contribution is -2.21. The zero-order valence-corrected chi connectivity index (χ0v) is 10.5. The van der Waals surface area contributed by atoms with Crippen molar-refractivity contribution < 1.29 is 13.2 Å². The highest BCUT2D eigenvalue weighted by atomic mass is 35.5. The van der Waals surface area contributed by atoms with Gasteiger partial charge in [0.1, 0.15) is 5.82 Å². The predicted octanol–water partition coefficient (Wildman–Crippen LogP) is 3.21. The van der Waals surface area contributed by atoms with Gasteiger partial charge in [-0.1, -0.05) is 17.7 Å². The topological polar surface area (TPSA) is 34.9 Å². The lowest BCUT2D eigenvalue weighted by Gasteiger charge is -2.14. The van der Waals surface area contributed by atoms with E-state index >= 15 is 0 Å². The van der Waals surface area contributed by atoms with Gasteiger partial charge in [-0.3, -0.25) is 9.36 Å². The molecule has 0 aliphatic heterocycles. The smallest absolute Gasteiger partial charge is 0.269 e. The fraction of sp³-hybridized carbons (Fsp3) is 0.167. The molecule has 2 aromatic rings. The van der Waals surface area contributed by atoms with Gasteiger partial charge in [0.15, 0.2) is 0 Å². The van der Waals surface area contributed by atoms with E-state index in [4.69, 9.17) is 11.6 Å². The van der Waals surface area contributed by atoms with Crippen molar-refractivity contribution in [2.45, 2.75) is 13.1 Å². The Balaban J connectivity index is 2.75. The third-order valence-corrected chi connectivity index (χ3v) is 2.94. The van der Waals surface area contributed by atoms with Gasteiger partial charge < -0.3 is 0 Å². The van der Waals surface area contributed by atoms with Crippen molar-refractivity contribution in [1.29, 1.82) is 0 Å². The van der Waals surface area contributed by atoms with Crippen LogP contribution in [-0.2, 0) is 6.18 Å². The van der Waals surface area contributed by atoms with E-state index in [0.717, 1.165) is 16.7 Å². The Hall–Kier alpha value is -1.82. The van der Waals surface area contributed by atoms with Crippen molar-refractivity contribution in [3.8, 4) is 5.69 Å². The normalized spacial score (nSPS) is 11.6. The quantitative estimate of drug-likeness (QED) is 0.807. The van der Waals surface area contributed by atoms with Gasteiger partial charge in [0.25, 0.3) is 5.56 Å². The maximum absolute atomic E-state index is 12.8. The van der Waals surface area contributed by atoms with Crippen LogP contribution in [-0.4, -0.2) is 9.55 Å². The first-order chi connectivity index (χ1) is 8.82. The molecule has 2 rings (SSSR count). The van der Waals surface area contributed by atoms with Crippen molar-refractivity contribution in [3.63, 3.8) is 0 Å². The second-order valence-electron chi connectivity index (χ2n) is 3.80. The van der Waals surface area contributed by atoms with Crippen LogP contribution in [0.3, 0.4) is 0 Å². The Morgan fingerprint density at radius 2 is 1.95 bits per heavy atom. The number of hydrogen-bond acceptors (Lipinski definition) is 2. The highest BCUT2D eigenvalue weighted by molar-refractivity contribution is 6.33. The highest BCUT2D eigenvalue weighted by Gasteiger charge is 2.34. The van der Waals surface area contributed by atoms with E-state index < -0.39 is 22.3 Å². The van der Waals surface area contributed by atoms with E-state index in [2.05, 4.69) is 4.98 Å². The number of aromatic nitrogens is 2. The molecule has 1 aromatic heterocycles. The second-order valence-corrected chi connectivity index (χ2v) is 4.18. The summed E-state index contributed by atoms with van der Waals surface area (Å²) >= 11 is 5.76. The van der Waals surface area contributed by atoms with E-state index in [1.54, 1.807) is 0 Å².